The molecule has 3 rings (SSSR count). The lowest BCUT2D eigenvalue weighted by atomic mass is 9.78. The van der Waals surface area contributed by atoms with Crippen molar-refractivity contribution < 1.29 is 14.3 Å². The zero-order valence-corrected chi connectivity index (χ0v) is 18.3. The van der Waals surface area contributed by atoms with Crippen molar-refractivity contribution >= 4 is 17.7 Å². The van der Waals surface area contributed by atoms with Crippen LogP contribution in [0.3, 0.4) is 0 Å². The Morgan fingerprint density at radius 3 is 2.63 bits per heavy atom. The number of aryl methyl sites for hydroxylation is 1. The molecular formula is C26H33NO3. The first-order chi connectivity index (χ1) is 14.6. The Kier molecular flexibility index (Phi) is 7.95. The molecule has 0 saturated heterocycles. The number of hydrogen-bond donors (Lipinski definition) is 1. The van der Waals surface area contributed by atoms with Crippen LogP contribution in [0.25, 0.3) is 6.08 Å². The fourth-order valence-electron chi connectivity index (χ4n) is 4.22. The minimum Gasteiger partial charge on any atom is -0.496 e. The molecule has 0 bridgehead atoms. The van der Waals surface area contributed by atoms with E-state index in [1.807, 2.05) is 19.1 Å². The molecule has 0 spiro atoms. The first-order valence-electron chi connectivity index (χ1n) is 10.9. The average molecular weight is 408 g/mol. The highest BCUT2D eigenvalue weighted by atomic mass is 16.5. The molecule has 0 radical (unpaired) electrons. The molecule has 2 aromatic rings. The van der Waals surface area contributed by atoms with E-state index in [2.05, 4.69) is 42.6 Å². The van der Waals surface area contributed by atoms with E-state index in [-0.39, 0.29) is 5.97 Å². The van der Waals surface area contributed by atoms with Gasteiger partial charge in [0.1, 0.15) is 5.75 Å². The van der Waals surface area contributed by atoms with Crippen molar-refractivity contribution in [1.82, 2.24) is 0 Å². The molecule has 0 atom stereocenters. The standard InChI is InChI=1S/C26H33NO3/c1-4-30-26(28)15-10-20-6-5-7-24(17-20)27-18-21-8-11-22(12-9-21)23-13-14-25(29-3)19(2)16-23/h5-7,10,13-17,21-22,27H,4,8-9,11-12,18H2,1-3H3/b15-10+. The van der Waals surface area contributed by atoms with Crippen LogP contribution in [0.15, 0.2) is 48.5 Å². The maximum Gasteiger partial charge on any atom is 0.330 e. The predicted octanol–water partition coefficient (Wildman–Crippen LogP) is 5.97. The van der Waals surface area contributed by atoms with Gasteiger partial charge >= 0.3 is 5.97 Å². The second kappa shape index (κ2) is 10.9. The molecule has 1 saturated carbocycles. The lowest BCUT2D eigenvalue weighted by Crippen LogP contribution is -2.20. The number of hydrogen-bond acceptors (Lipinski definition) is 4. The van der Waals surface area contributed by atoms with E-state index in [1.165, 1.54) is 42.9 Å². The van der Waals surface area contributed by atoms with Crippen molar-refractivity contribution in [3.05, 3.63) is 65.2 Å². The van der Waals surface area contributed by atoms with Gasteiger partial charge < -0.3 is 14.8 Å². The maximum absolute atomic E-state index is 11.5. The van der Waals surface area contributed by atoms with Crippen molar-refractivity contribution in [2.75, 3.05) is 25.6 Å². The molecular weight excluding hydrogens is 374 g/mol. The van der Waals surface area contributed by atoms with Crippen LogP contribution in [-0.4, -0.2) is 26.2 Å². The van der Waals surface area contributed by atoms with Gasteiger partial charge in [-0.05, 0) is 92.3 Å². The molecule has 0 amide bonds. The van der Waals surface area contributed by atoms with Gasteiger partial charge in [0, 0.05) is 18.3 Å². The summed E-state index contributed by atoms with van der Waals surface area (Å²) in [7, 11) is 1.73. The molecule has 1 fully saturated rings. The number of methoxy groups -OCH3 is 1. The van der Waals surface area contributed by atoms with Crippen LogP contribution in [0.5, 0.6) is 5.75 Å². The number of ether oxygens (including phenoxy) is 2. The zero-order valence-electron chi connectivity index (χ0n) is 18.3. The molecule has 0 aliphatic heterocycles. The van der Waals surface area contributed by atoms with E-state index in [9.17, 15) is 4.79 Å². The Labute approximate surface area is 180 Å². The second-order valence-electron chi connectivity index (χ2n) is 8.04. The van der Waals surface area contributed by atoms with Gasteiger partial charge in [-0.3, -0.25) is 0 Å². The summed E-state index contributed by atoms with van der Waals surface area (Å²) in [6.07, 6.45) is 8.23. The van der Waals surface area contributed by atoms with Gasteiger partial charge in [0.2, 0.25) is 0 Å². The molecule has 30 heavy (non-hydrogen) atoms. The SMILES string of the molecule is CCOC(=O)/C=C/c1cccc(NCC2CCC(c3ccc(OC)c(C)c3)CC2)c1. The minimum absolute atomic E-state index is 0.306. The molecule has 0 unspecified atom stereocenters. The van der Waals surface area contributed by atoms with Gasteiger partial charge in [0.25, 0.3) is 0 Å². The summed E-state index contributed by atoms with van der Waals surface area (Å²) in [5.74, 6) is 2.01. The highest BCUT2D eigenvalue weighted by Gasteiger charge is 2.22. The first-order valence-corrected chi connectivity index (χ1v) is 10.9. The Morgan fingerprint density at radius 2 is 1.93 bits per heavy atom. The van der Waals surface area contributed by atoms with Crippen LogP contribution in [0.2, 0.25) is 0 Å². The van der Waals surface area contributed by atoms with Crippen molar-refractivity contribution in [2.45, 2.75) is 45.4 Å². The van der Waals surface area contributed by atoms with Crippen molar-refractivity contribution in [3.63, 3.8) is 0 Å². The highest BCUT2D eigenvalue weighted by Crippen LogP contribution is 2.37. The minimum atomic E-state index is -0.306. The molecule has 0 heterocycles. The predicted molar refractivity (Wildman–Crippen MR) is 123 cm³/mol. The number of anilines is 1. The Bertz CT molecular complexity index is 866. The third-order valence-electron chi connectivity index (χ3n) is 5.92. The van der Waals surface area contributed by atoms with Gasteiger partial charge in [-0.2, -0.15) is 0 Å². The van der Waals surface area contributed by atoms with Crippen LogP contribution >= 0.6 is 0 Å². The molecule has 1 aliphatic rings. The molecule has 0 aromatic heterocycles. The third kappa shape index (κ3) is 6.12. The molecule has 160 valence electrons. The number of carbonyl (C=O) groups is 1. The Hall–Kier alpha value is -2.75. The fraction of sp³-hybridized carbons (Fsp3) is 0.423. The van der Waals surface area contributed by atoms with Crippen molar-refractivity contribution in [2.24, 2.45) is 5.92 Å². The fourth-order valence-corrected chi connectivity index (χ4v) is 4.22. The molecule has 1 N–H and O–H groups in total. The van der Waals surface area contributed by atoms with Gasteiger partial charge in [0.15, 0.2) is 0 Å². The van der Waals surface area contributed by atoms with Crippen LogP contribution in [0, 0.1) is 12.8 Å². The maximum atomic E-state index is 11.5. The summed E-state index contributed by atoms with van der Waals surface area (Å²) in [4.78, 5) is 11.5. The van der Waals surface area contributed by atoms with Gasteiger partial charge in [-0.1, -0.05) is 24.3 Å². The summed E-state index contributed by atoms with van der Waals surface area (Å²) in [6, 6.07) is 14.8. The van der Waals surface area contributed by atoms with E-state index in [1.54, 1.807) is 13.2 Å². The van der Waals surface area contributed by atoms with Crippen molar-refractivity contribution in [1.29, 1.82) is 0 Å². The molecule has 2 aromatic carbocycles. The number of nitrogens with one attached hydrogen (secondary N) is 1. The summed E-state index contributed by atoms with van der Waals surface area (Å²) in [6.45, 7) is 5.31. The lowest BCUT2D eigenvalue weighted by molar-refractivity contribution is -0.137. The van der Waals surface area contributed by atoms with Gasteiger partial charge in [-0.15, -0.1) is 0 Å². The second-order valence-corrected chi connectivity index (χ2v) is 8.04. The number of carbonyl (C=O) groups excluding carboxylic acids is 1. The third-order valence-corrected chi connectivity index (χ3v) is 5.92. The smallest absolute Gasteiger partial charge is 0.330 e. The summed E-state index contributed by atoms with van der Waals surface area (Å²) < 4.78 is 10.3. The number of rotatable bonds is 8. The largest absolute Gasteiger partial charge is 0.496 e. The summed E-state index contributed by atoms with van der Waals surface area (Å²) in [5.41, 5.74) is 4.75. The van der Waals surface area contributed by atoms with E-state index in [4.69, 9.17) is 9.47 Å². The van der Waals surface area contributed by atoms with E-state index < -0.39 is 0 Å². The Balaban J connectivity index is 1.48. The van der Waals surface area contributed by atoms with Crippen LogP contribution in [0.1, 0.15) is 55.2 Å². The summed E-state index contributed by atoms with van der Waals surface area (Å²) in [5, 5.41) is 3.58. The first kappa shape index (κ1) is 21.9. The number of benzene rings is 2. The van der Waals surface area contributed by atoms with E-state index >= 15 is 0 Å². The number of esters is 1. The van der Waals surface area contributed by atoms with Crippen molar-refractivity contribution in [3.8, 4) is 5.75 Å². The van der Waals surface area contributed by atoms with E-state index in [0.29, 0.717) is 18.4 Å². The normalized spacial score (nSPS) is 18.9. The molecule has 1 aliphatic carbocycles. The highest BCUT2D eigenvalue weighted by molar-refractivity contribution is 5.87. The summed E-state index contributed by atoms with van der Waals surface area (Å²) >= 11 is 0. The average Bonchev–Trinajstić information content (AvgIpc) is 2.77. The van der Waals surface area contributed by atoms with Crippen LogP contribution in [0.4, 0.5) is 5.69 Å². The molecule has 4 heteroatoms. The van der Waals surface area contributed by atoms with Gasteiger partial charge in [-0.25, -0.2) is 4.79 Å². The zero-order chi connectivity index (χ0) is 21.3. The van der Waals surface area contributed by atoms with Crippen LogP contribution in [-0.2, 0) is 9.53 Å². The monoisotopic (exact) mass is 407 g/mol. The Morgan fingerprint density at radius 1 is 1.13 bits per heavy atom. The van der Waals surface area contributed by atoms with E-state index in [0.717, 1.165) is 23.5 Å². The quantitative estimate of drug-likeness (QED) is 0.433. The lowest BCUT2D eigenvalue weighted by Gasteiger charge is -2.29. The topological polar surface area (TPSA) is 47.6 Å². The van der Waals surface area contributed by atoms with Crippen LogP contribution < -0.4 is 10.1 Å². The van der Waals surface area contributed by atoms with Gasteiger partial charge in [0.05, 0.1) is 13.7 Å². The molecule has 4 nitrogen and oxygen atoms in total.